The summed E-state index contributed by atoms with van der Waals surface area (Å²) in [6.45, 7) is 2.29. The molecule has 1 amide bonds. The van der Waals surface area contributed by atoms with Gasteiger partial charge in [-0.3, -0.25) is 4.79 Å². The van der Waals surface area contributed by atoms with Crippen molar-refractivity contribution < 1.29 is 13.9 Å². The second-order valence-electron chi connectivity index (χ2n) is 6.60. The lowest BCUT2D eigenvalue weighted by Crippen LogP contribution is -2.13. The largest absolute Gasteiger partial charge is 0.487 e. The third-order valence-electron chi connectivity index (χ3n) is 4.31. The zero-order valence-corrected chi connectivity index (χ0v) is 17.1. The predicted molar refractivity (Wildman–Crippen MR) is 113 cm³/mol. The molecule has 29 heavy (non-hydrogen) atoms. The van der Waals surface area contributed by atoms with Gasteiger partial charge in [0.25, 0.3) is 5.91 Å². The molecule has 1 N–H and O–H groups in total. The molecule has 2 aromatic heterocycles. The predicted octanol–water partition coefficient (Wildman–Crippen LogP) is 5.38. The second kappa shape index (κ2) is 8.05. The number of nitrogens with one attached hydrogen (secondary N) is 1. The van der Waals surface area contributed by atoms with E-state index < -0.39 is 11.7 Å². The van der Waals surface area contributed by atoms with Crippen LogP contribution in [0, 0.1) is 12.7 Å². The SMILES string of the molecule is Cc1ccc2nc(COc3cccc(C(=O)Nc4ccc(Br)cc4F)c3)cn2c1. The molecule has 0 radical (unpaired) electrons. The fourth-order valence-corrected chi connectivity index (χ4v) is 3.23. The van der Waals surface area contributed by atoms with Crippen molar-refractivity contribution in [1.82, 2.24) is 9.38 Å². The van der Waals surface area contributed by atoms with Gasteiger partial charge in [0.15, 0.2) is 0 Å². The lowest BCUT2D eigenvalue weighted by Gasteiger charge is -2.09. The molecular weight excluding hydrogens is 437 g/mol. The average molecular weight is 454 g/mol. The van der Waals surface area contributed by atoms with Gasteiger partial charge in [0.2, 0.25) is 0 Å². The van der Waals surface area contributed by atoms with E-state index in [-0.39, 0.29) is 12.3 Å². The first kappa shape index (κ1) is 19.1. The summed E-state index contributed by atoms with van der Waals surface area (Å²) in [6, 6.07) is 15.2. The molecule has 0 unspecified atom stereocenters. The number of carbonyl (C=O) groups excluding carboxylic acids is 1. The van der Waals surface area contributed by atoms with Gasteiger partial charge < -0.3 is 14.5 Å². The third-order valence-corrected chi connectivity index (χ3v) is 4.80. The number of rotatable bonds is 5. The van der Waals surface area contributed by atoms with Crippen molar-refractivity contribution in [3.05, 3.63) is 94.1 Å². The number of anilines is 1. The van der Waals surface area contributed by atoms with Crippen LogP contribution >= 0.6 is 15.9 Å². The number of carbonyl (C=O) groups is 1. The van der Waals surface area contributed by atoms with Gasteiger partial charge in [0.05, 0.1) is 11.4 Å². The van der Waals surface area contributed by atoms with Crippen LogP contribution in [0.1, 0.15) is 21.6 Å². The highest BCUT2D eigenvalue weighted by Gasteiger charge is 2.11. The Morgan fingerprint density at radius 2 is 2.03 bits per heavy atom. The first-order chi connectivity index (χ1) is 14.0. The van der Waals surface area contributed by atoms with E-state index in [4.69, 9.17) is 4.74 Å². The van der Waals surface area contributed by atoms with E-state index in [9.17, 15) is 9.18 Å². The monoisotopic (exact) mass is 453 g/mol. The lowest BCUT2D eigenvalue weighted by atomic mass is 10.2. The summed E-state index contributed by atoms with van der Waals surface area (Å²) in [7, 11) is 0. The molecule has 5 nitrogen and oxygen atoms in total. The van der Waals surface area contributed by atoms with Crippen LogP contribution in [0.3, 0.4) is 0 Å². The van der Waals surface area contributed by atoms with E-state index in [1.807, 2.05) is 35.9 Å². The molecular formula is C22H17BrFN3O2. The standard InChI is InChI=1S/C22H17BrFN3O2/c1-14-5-8-21-25-17(12-27(21)11-14)13-29-18-4-2-3-15(9-18)22(28)26-20-7-6-16(23)10-19(20)24/h2-12H,13H2,1H3,(H,26,28). The van der Waals surface area contributed by atoms with Gasteiger partial charge in [-0.25, -0.2) is 9.37 Å². The molecule has 146 valence electrons. The number of ether oxygens (including phenoxy) is 1. The second-order valence-corrected chi connectivity index (χ2v) is 7.51. The molecule has 0 fully saturated rings. The van der Waals surface area contributed by atoms with Crippen LogP contribution < -0.4 is 10.1 Å². The van der Waals surface area contributed by atoms with Crippen LogP contribution in [0.2, 0.25) is 0 Å². The first-order valence-electron chi connectivity index (χ1n) is 8.91. The van der Waals surface area contributed by atoms with Gasteiger partial charge in [-0.1, -0.05) is 28.1 Å². The highest BCUT2D eigenvalue weighted by molar-refractivity contribution is 9.10. The van der Waals surface area contributed by atoms with E-state index in [0.29, 0.717) is 15.8 Å². The highest BCUT2D eigenvalue weighted by atomic mass is 79.9. The van der Waals surface area contributed by atoms with Crippen molar-refractivity contribution >= 4 is 33.2 Å². The Labute approximate surface area is 175 Å². The van der Waals surface area contributed by atoms with Gasteiger partial charge in [-0.15, -0.1) is 0 Å². The van der Waals surface area contributed by atoms with E-state index in [1.54, 1.807) is 30.3 Å². The van der Waals surface area contributed by atoms with Crippen molar-refractivity contribution in [1.29, 1.82) is 0 Å². The number of aromatic nitrogens is 2. The quantitative estimate of drug-likeness (QED) is 0.441. The van der Waals surface area contributed by atoms with Crippen molar-refractivity contribution in [2.24, 2.45) is 0 Å². The topological polar surface area (TPSA) is 55.6 Å². The number of benzene rings is 2. The molecule has 0 saturated heterocycles. The van der Waals surface area contributed by atoms with Gasteiger partial charge in [0, 0.05) is 22.4 Å². The van der Waals surface area contributed by atoms with Crippen LogP contribution in [0.4, 0.5) is 10.1 Å². The Morgan fingerprint density at radius 3 is 2.86 bits per heavy atom. The Kier molecular flexibility index (Phi) is 5.31. The number of imidazole rings is 1. The maximum absolute atomic E-state index is 13.9. The van der Waals surface area contributed by atoms with Crippen molar-refractivity contribution in [3.8, 4) is 5.75 Å². The molecule has 0 aliphatic carbocycles. The number of hydrogen-bond donors (Lipinski definition) is 1. The molecule has 4 aromatic rings. The van der Waals surface area contributed by atoms with Crippen molar-refractivity contribution in [2.75, 3.05) is 5.32 Å². The normalized spacial score (nSPS) is 10.9. The molecule has 2 heterocycles. The van der Waals surface area contributed by atoms with Crippen LogP contribution in [-0.2, 0) is 6.61 Å². The van der Waals surface area contributed by atoms with Gasteiger partial charge >= 0.3 is 0 Å². The molecule has 7 heteroatoms. The van der Waals surface area contributed by atoms with Crippen molar-refractivity contribution in [2.45, 2.75) is 13.5 Å². The van der Waals surface area contributed by atoms with Crippen molar-refractivity contribution in [3.63, 3.8) is 0 Å². The molecule has 0 atom stereocenters. The zero-order chi connectivity index (χ0) is 20.4. The van der Waals surface area contributed by atoms with Gasteiger partial charge in [-0.05, 0) is 55.0 Å². The number of aryl methyl sites for hydroxylation is 1. The minimum absolute atomic E-state index is 0.115. The molecule has 4 rings (SSSR count). The zero-order valence-electron chi connectivity index (χ0n) is 15.5. The Hall–Kier alpha value is -3.19. The summed E-state index contributed by atoms with van der Waals surface area (Å²) in [5.41, 5.74) is 3.25. The highest BCUT2D eigenvalue weighted by Crippen LogP contribution is 2.21. The van der Waals surface area contributed by atoms with Crippen LogP contribution in [0.25, 0.3) is 5.65 Å². The third kappa shape index (κ3) is 4.46. The summed E-state index contributed by atoms with van der Waals surface area (Å²) in [5, 5.41) is 2.57. The van der Waals surface area contributed by atoms with Crippen LogP contribution in [0.5, 0.6) is 5.75 Å². The fraction of sp³-hybridized carbons (Fsp3) is 0.0909. The lowest BCUT2D eigenvalue weighted by molar-refractivity contribution is 0.102. The molecule has 0 aliphatic rings. The number of fused-ring (bicyclic) bond motifs is 1. The maximum atomic E-state index is 13.9. The first-order valence-corrected chi connectivity index (χ1v) is 9.71. The van der Waals surface area contributed by atoms with Crippen LogP contribution in [-0.4, -0.2) is 15.3 Å². The number of pyridine rings is 1. The van der Waals surface area contributed by atoms with Crippen LogP contribution in [0.15, 0.2) is 71.5 Å². The number of amides is 1. The summed E-state index contributed by atoms with van der Waals surface area (Å²) in [4.78, 5) is 17.0. The average Bonchev–Trinajstić information content (AvgIpc) is 3.10. The summed E-state index contributed by atoms with van der Waals surface area (Å²) >= 11 is 3.19. The molecule has 0 aliphatic heterocycles. The fourth-order valence-electron chi connectivity index (χ4n) is 2.89. The molecule has 0 bridgehead atoms. The molecule has 0 saturated carbocycles. The maximum Gasteiger partial charge on any atom is 0.255 e. The van der Waals surface area contributed by atoms with E-state index in [1.165, 1.54) is 12.1 Å². The minimum Gasteiger partial charge on any atom is -0.487 e. The number of hydrogen-bond acceptors (Lipinski definition) is 3. The van der Waals surface area contributed by atoms with E-state index in [2.05, 4.69) is 26.2 Å². The Morgan fingerprint density at radius 1 is 1.17 bits per heavy atom. The summed E-state index contributed by atoms with van der Waals surface area (Å²) in [5.74, 6) is -0.399. The molecule has 2 aromatic carbocycles. The Balaban J connectivity index is 1.45. The smallest absolute Gasteiger partial charge is 0.255 e. The number of halogens is 2. The van der Waals surface area contributed by atoms with Gasteiger partial charge in [0.1, 0.15) is 23.8 Å². The number of nitrogens with zero attached hydrogens (tertiary/aromatic N) is 2. The van der Waals surface area contributed by atoms with E-state index in [0.717, 1.165) is 16.9 Å². The summed E-state index contributed by atoms with van der Waals surface area (Å²) < 4.78 is 22.3. The summed E-state index contributed by atoms with van der Waals surface area (Å²) in [6.07, 6.45) is 3.91. The molecule has 0 spiro atoms. The Bertz CT molecular complexity index is 1210. The van der Waals surface area contributed by atoms with Gasteiger partial charge in [-0.2, -0.15) is 0 Å². The minimum atomic E-state index is -0.512. The van der Waals surface area contributed by atoms with E-state index >= 15 is 0 Å².